The van der Waals surface area contributed by atoms with Crippen molar-refractivity contribution in [3.63, 3.8) is 0 Å². The minimum Gasteiger partial charge on any atom is -0.355 e. The summed E-state index contributed by atoms with van der Waals surface area (Å²) in [6.45, 7) is 11.5. The van der Waals surface area contributed by atoms with Gasteiger partial charge >= 0.3 is 0 Å². The summed E-state index contributed by atoms with van der Waals surface area (Å²) in [4.78, 5) is 28.7. The number of hydrogen-bond donors (Lipinski definition) is 1. The number of nitrogens with zero attached hydrogens (tertiary/aromatic N) is 2. The fourth-order valence-corrected chi connectivity index (χ4v) is 5.96. The molecule has 7 nitrogen and oxygen atoms in total. The molecule has 0 aliphatic carbocycles. The quantitative estimate of drug-likeness (QED) is 0.362. The van der Waals surface area contributed by atoms with Crippen molar-refractivity contribution in [2.75, 3.05) is 17.4 Å². The highest BCUT2D eigenvalue weighted by Gasteiger charge is 2.33. The van der Waals surface area contributed by atoms with Crippen molar-refractivity contribution in [2.45, 2.75) is 65.4 Å². The van der Waals surface area contributed by atoms with E-state index in [1.54, 1.807) is 36.4 Å². The van der Waals surface area contributed by atoms with Gasteiger partial charge in [0, 0.05) is 13.1 Å². The molecule has 0 aliphatic rings. The van der Waals surface area contributed by atoms with Crippen LogP contribution >= 0.6 is 0 Å². The van der Waals surface area contributed by atoms with Crippen molar-refractivity contribution in [2.24, 2.45) is 0 Å². The highest BCUT2D eigenvalue weighted by atomic mass is 32.2. The van der Waals surface area contributed by atoms with E-state index < -0.39 is 28.5 Å². The van der Waals surface area contributed by atoms with Crippen molar-refractivity contribution in [1.82, 2.24) is 10.2 Å². The van der Waals surface area contributed by atoms with Crippen LogP contribution < -0.4 is 9.62 Å². The second-order valence-electron chi connectivity index (χ2n) is 10.00. The predicted octanol–water partition coefficient (Wildman–Crippen LogP) is 5.06. The third-order valence-corrected chi connectivity index (χ3v) is 8.38. The summed E-state index contributed by atoms with van der Waals surface area (Å²) >= 11 is 0. The summed E-state index contributed by atoms with van der Waals surface area (Å²) in [6.07, 6.45) is 0.387. The first kappa shape index (κ1) is 29.9. The van der Waals surface area contributed by atoms with Crippen molar-refractivity contribution in [3.05, 3.63) is 94.5 Å². The van der Waals surface area contributed by atoms with Gasteiger partial charge < -0.3 is 10.2 Å². The highest BCUT2D eigenvalue weighted by molar-refractivity contribution is 7.92. The number of aryl methyl sites for hydroxylation is 4. The number of carbonyl (C=O) groups excluding carboxylic acids is 2. The number of likely N-dealkylation sites (N-methyl/N-ethyl adjacent to an activating group) is 1. The van der Waals surface area contributed by atoms with E-state index in [2.05, 4.69) is 5.32 Å². The predicted molar refractivity (Wildman–Crippen MR) is 156 cm³/mol. The largest absolute Gasteiger partial charge is 0.355 e. The van der Waals surface area contributed by atoms with Gasteiger partial charge in [-0.2, -0.15) is 0 Å². The number of rotatable bonds is 11. The lowest BCUT2D eigenvalue weighted by Gasteiger charge is -2.33. The Morgan fingerprint density at radius 3 is 1.85 bits per heavy atom. The van der Waals surface area contributed by atoms with E-state index >= 15 is 0 Å². The van der Waals surface area contributed by atoms with Gasteiger partial charge in [0.2, 0.25) is 11.8 Å². The standard InChI is InChI=1S/C31H39N3O4S/c1-7-29(31(36)32-8-2)33(20-26-13-9-22(3)10-14-26)30(35)21-34(27-18-24(5)17-25(6)19-27)39(37,38)28-15-11-23(4)12-16-28/h9-19,29H,7-8,20-21H2,1-6H3,(H,32,36)/t29-/m0/s1. The van der Waals surface area contributed by atoms with Gasteiger partial charge in [0.1, 0.15) is 12.6 Å². The summed E-state index contributed by atoms with van der Waals surface area (Å²) in [5.41, 5.74) is 5.04. The Labute approximate surface area is 232 Å². The SMILES string of the molecule is CCNC(=O)[C@H](CC)N(Cc1ccc(C)cc1)C(=O)CN(c1cc(C)cc(C)c1)S(=O)(=O)c1ccc(C)cc1. The van der Waals surface area contributed by atoms with Gasteiger partial charge in [-0.25, -0.2) is 8.42 Å². The number of nitrogens with one attached hydrogen (secondary N) is 1. The van der Waals surface area contributed by atoms with E-state index in [0.29, 0.717) is 18.7 Å². The van der Waals surface area contributed by atoms with Crippen LogP contribution in [0.4, 0.5) is 5.69 Å². The minimum atomic E-state index is -4.09. The van der Waals surface area contributed by atoms with Gasteiger partial charge in [-0.05, 0) is 82.0 Å². The topological polar surface area (TPSA) is 86.8 Å². The molecule has 1 atom stereocenters. The van der Waals surface area contributed by atoms with Crippen LogP contribution in [-0.4, -0.2) is 44.3 Å². The van der Waals surface area contributed by atoms with Crippen LogP contribution in [0.3, 0.4) is 0 Å². The lowest BCUT2D eigenvalue weighted by molar-refractivity contribution is -0.140. The number of anilines is 1. The molecule has 1 N–H and O–H groups in total. The van der Waals surface area contributed by atoms with Crippen LogP contribution in [0, 0.1) is 27.7 Å². The number of sulfonamides is 1. The lowest BCUT2D eigenvalue weighted by atomic mass is 10.1. The Kier molecular flexibility index (Phi) is 9.92. The second-order valence-corrected chi connectivity index (χ2v) is 11.9. The third kappa shape index (κ3) is 7.47. The average Bonchev–Trinajstić information content (AvgIpc) is 2.88. The van der Waals surface area contributed by atoms with Crippen molar-refractivity contribution >= 4 is 27.5 Å². The Hall–Kier alpha value is -3.65. The van der Waals surface area contributed by atoms with E-state index in [9.17, 15) is 18.0 Å². The van der Waals surface area contributed by atoms with Crippen LogP contribution in [0.2, 0.25) is 0 Å². The molecule has 0 spiro atoms. The number of benzene rings is 3. The molecule has 0 fully saturated rings. The maximum atomic E-state index is 14.0. The first-order chi connectivity index (χ1) is 18.5. The van der Waals surface area contributed by atoms with Crippen molar-refractivity contribution in [1.29, 1.82) is 0 Å². The van der Waals surface area contributed by atoms with Crippen molar-refractivity contribution < 1.29 is 18.0 Å². The lowest BCUT2D eigenvalue weighted by Crippen LogP contribution is -2.52. The van der Waals surface area contributed by atoms with Gasteiger partial charge in [-0.15, -0.1) is 0 Å². The molecule has 3 aromatic rings. The maximum Gasteiger partial charge on any atom is 0.264 e. The Morgan fingerprint density at radius 2 is 1.33 bits per heavy atom. The molecule has 0 aromatic heterocycles. The maximum absolute atomic E-state index is 14.0. The van der Waals surface area contributed by atoms with Gasteiger partial charge in [0.25, 0.3) is 10.0 Å². The van der Waals surface area contributed by atoms with Crippen LogP contribution in [0.1, 0.15) is 48.1 Å². The van der Waals surface area contributed by atoms with E-state index in [1.807, 2.05) is 71.9 Å². The Balaban J connectivity index is 2.09. The number of amides is 2. The van der Waals surface area contributed by atoms with E-state index in [-0.39, 0.29) is 17.3 Å². The fraction of sp³-hybridized carbons (Fsp3) is 0.355. The first-order valence-electron chi connectivity index (χ1n) is 13.3. The molecule has 0 saturated heterocycles. The van der Waals surface area contributed by atoms with Crippen LogP contribution in [0.5, 0.6) is 0 Å². The molecule has 0 saturated carbocycles. The monoisotopic (exact) mass is 549 g/mol. The molecule has 8 heteroatoms. The van der Waals surface area contributed by atoms with Crippen LogP contribution in [0.25, 0.3) is 0 Å². The Bertz CT molecular complexity index is 1380. The molecule has 3 rings (SSSR count). The summed E-state index contributed by atoms with van der Waals surface area (Å²) in [7, 11) is -4.09. The van der Waals surface area contributed by atoms with E-state index in [0.717, 1.165) is 32.1 Å². The first-order valence-corrected chi connectivity index (χ1v) is 14.7. The zero-order valence-corrected chi connectivity index (χ0v) is 24.5. The molecule has 0 bridgehead atoms. The second kappa shape index (κ2) is 12.9. The molecule has 2 amide bonds. The third-order valence-electron chi connectivity index (χ3n) is 6.59. The Morgan fingerprint density at radius 1 is 0.795 bits per heavy atom. The molecule has 3 aromatic carbocycles. The molecule has 0 aliphatic heterocycles. The molecule has 0 unspecified atom stereocenters. The van der Waals surface area contributed by atoms with Crippen LogP contribution in [-0.2, 0) is 26.2 Å². The van der Waals surface area contributed by atoms with Gasteiger partial charge in [0.05, 0.1) is 10.6 Å². The normalized spacial score (nSPS) is 12.1. The minimum absolute atomic E-state index is 0.0981. The number of carbonyl (C=O) groups is 2. The van der Waals surface area contributed by atoms with E-state index in [1.165, 1.54) is 4.90 Å². The highest BCUT2D eigenvalue weighted by Crippen LogP contribution is 2.27. The molecular formula is C31H39N3O4S. The van der Waals surface area contributed by atoms with Crippen LogP contribution in [0.15, 0.2) is 71.6 Å². The van der Waals surface area contributed by atoms with Gasteiger partial charge in [-0.3, -0.25) is 13.9 Å². The summed E-state index contributed by atoms with van der Waals surface area (Å²) in [5.74, 6) is -0.719. The fourth-order valence-electron chi connectivity index (χ4n) is 4.56. The zero-order valence-electron chi connectivity index (χ0n) is 23.7. The summed E-state index contributed by atoms with van der Waals surface area (Å²) in [6, 6.07) is 19.1. The molecule has 0 radical (unpaired) electrons. The number of hydrogen-bond acceptors (Lipinski definition) is 4. The van der Waals surface area contributed by atoms with Crippen molar-refractivity contribution in [3.8, 4) is 0 Å². The van der Waals surface area contributed by atoms with E-state index in [4.69, 9.17) is 0 Å². The smallest absolute Gasteiger partial charge is 0.264 e. The van der Waals surface area contributed by atoms with Gasteiger partial charge in [0.15, 0.2) is 0 Å². The molecule has 208 valence electrons. The summed E-state index contributed by atoms with van der Waals surface area (Å²) < 4.78 is 29.1. The molecule has 39 heavy (non-hydrogen) atoms. The zero-order chi connectivity index (χ0) is 28.7. The molecular weight excluding hydrogens is 510 g/mol. The summed E-state index contributed by atoms with van der Waals surface area (Å²) in [5, 5.41) is 2.82. The average molecular weight is 550 g/mol. The molecule has 0 heterocycles. The van der Waals surface area contributed by atoms with Gasteiger partial charge in [-0.1, -0.05) is 60.5 Å².